The summed E-state index contributed by atoms with van der Waals surface area (Å²) in [6, 6.07) is 5.17. The van der Waals surface area contributed by atoms with E-state index in [4.69, 9.17) is 16.9 Å². The minimum atomic E-state index is -2.07. The summed E-state index contributed by atoms with van der Waals surface area (Å²) in [7, 11) is 0. The van der Waals surface area contributed by atoms with Crippen LogP contribution in [0.4, 0.5) is 0 Å². The molecule has 0 unspecified atom stereocenters. The van der Waals surface area contributed by atoms with E-state index in [1.807, 2.05) is 0 Å². The Bertz CT molecular complexity index is 4510. The third-order valence-electron chi connectivity index (χ3n) is 20.2. The van der Waals surface area contributed by atoms with Crippen LogP contribution in [0.5, 0.6) is 11.5 Å². The molecule has 41 heteroatoms. The lowest BCUT2D eigenvalue weighted by atomic mass is 10.0. The van der Waals surface area contributed by atoms with E-state index < -0.39 is 231 Å². The van der Waals surface area contributed by atoms with Crippen molar-refractivity contribution in [3.8, 4) is 11.5 Å². The van der Waals surface area contributed by atoms with Gasteiger partial charge in [-0.15, -0.1) is 0 Å². The summed E-state index contributed by atoms with van der Waals surface area (Å²) in [5.74, 6) is -19.8. The molecule has 2 aliphatic heterocycles. The number of phenols is 2. The Labute approximate surface area is 693 Å². The number of carboxylic acids is 4. The van der Waals surface area contributed by atoms with Crippen LogP contribution < -0.4 is 70.0 Å². The number of aromatic nitrogens is 1. The van der Waals surface area contributed by atoms with Crippen molar-refractivity contribution in [2.24, 2.45) is 17.4 Å². The van der Waals surface area contributed by atoms with Crippen LogP contribution in [-0.2, 0) is 102 Å². The van der Waals surface area contributed by atoms with Crippen LogP contribution in [0.1, 0.15) is 113 Å². The number of amides is 12. The number of carboxylic acid groups (broad SMARTS) is 4. The number of hydrogen-bond acceptors (Lipinski definition) is 22. The van der Waals surface area contributed by atoms with Gasteiger partial charge in [0, 0.05) is 68.8 Å². The number of H-pyrrole nitrogens is 1. The molecule has 2 fully saturated rings. The first kappa shape index (κ1) is 94.8. The maximum absolute atomic E-state index is 14.8. The van der Waals surface area contributed by atoms with Crippen molar-refractivity contribution >= 4 is 112 Å². The van der Waals surface area contributed by atoms with Crippen molar-refractivity contribution in [1.82, 2.24) is 73.3 Å². The van der Waals surface area contributed by atoms with Gasteiger partial charge in [0.15, 0.2) is 5.96 Å². The fraction of sp³-hybridized carbons (Fsp3) is 0.463. The average Bonchev–Trinajstić information content (AvgIpc) is 1.67. The van der Waals surface area contributed by atoms with Gasteiger partial charge in [-0.1, -0.05) is 86.6 Å². The first-order valence-corrected chi connectivity index (χ1v) is 39.3. The van der Waals surface area contributed by atoms with E-state index in [9.17, 15) is 118 Å². The van der Waals surface area contributed by atoms with Gasteiger partial charge in [0.25, 0.3) is 0 Å². The van der Waals surface area contributed by atoms with Crippen molar-refractivity contribution < 1.29 is 118 Å². The van der Waals surface area contributed by atoms with Crippen LogP contribution in [-0.4, -0.2) is 268 Å². The molecule has 0 radical (unpaired) electrons. The molecule has 0 spiro atoms. The zero-order valence-electron chi connectivity index (χ0n) is 66.5. The van der Waals surface area contributed by atoms with Gasteiger partial charge in [0.1, 0.15) is 84.0 Å². The summed E-state index contributed by atoms with van der Waals surface area (Å²) in [4.78, 5) is 226. The van der Waals surface area contributed by atoms with E-state index in [2.05, 4.69) is 63.5 Å². The van der Waals surface area contributed by atoms with Gasteiger partial charge < -0.3 is 126 Å². The van der Waals surface area contributed by atoms with E-state index in [1.165, 1.54) is 48.5 Å². The number of aliphatic carboxylic acids is 4. The summed E-state index contributed by atoms with van der Waals surface area (Å²) in [6.07, 6.45) is -2.89. The van der Waals surface area contributed by atoms with Gasteiger partial charge in [-0.05, 0) is 123 Å². The predicted molar refractivity (Wildman–Crippen MR) is 429 cm³/mol. The van der Waals surface area contributed by atoms with Gasteiger partial charge >= 0.3 is 23.9 Å². The molecule has 4 aromatic carbocycles. The molecule has 5 aromatic rings. The van der Waals surface area contributed by atoms with Crippen LogP contribution in [0.2, 0.25) is 0 Å². The monoisotopic (exact) mass is 1690 g/mol. The number of para-hydroxylation sites is 1. The quantitative estimate of drug-likeness (QED) is 0.0102. The number of carbonyl (C=O) groups excluding carboxylic acids is 12. The summed E-state index contributed by atoms with van der Waals surface area (Å²) in [6.45, 7) is 0.661. The van der Waals surface area contributed by atoms with Gasteiger partial charge in [0.2, 0.25) is 70.9 Å². The lowest BCUT2D eigenvalue weighted by molar-refractivity contribution is -0.148. The molecular weight excluding hydrogens is 1580 g/mol. The van der Waals surface area contributed by atoms with Crippen LogP contribution in [0.15, 0.2) is 109 Å². The number of likely N-dealkylation sites (tertiary alicyclic amines) is 2. The topological polar surface area (TPSA) is 665 Å². The van der Waals surface area contributed by atoms with Gasteiger partial charge in [-0.3, -0.25) is 77.3 Å². The molecule has 1 aromatic heterocycles. The number of rotatable bonds is 47. The second-order valence-electron chi connectivity index (χ2n) is 29.9. The Kier molecular flexibility index (Phi) is 36.2. The van der Waals surface area contributed by atoms with Crippen molar-refractivity contribution in [3.63, 3.8) is 0 Å². The average molecular weight is 1690 g/mol. The number of fused-ring (bicyclic) bond motifs is 1. The number of hydrogen-bond donors (Lipinski definition) is 23. The number of guanidine groups is 1. The number of carbonyl (C=O) groups is 16. The standard InChI is InChI=1S/C80H105N17O24/c1-42(2)33-55(70(111)88-54(27-29-65(104)105)77(118)96-31-9-16-62(96)75(116)92-58(37-46-39-85-51-14-7-6-13-49(46)51)78(119)97-32-10-17-63(97)76(117)93-59(79(120)121)38-66(106)107)89-73(114)60(40-98)95-74(115)61(41-99)94-69(110)53(26-28-64(102)103)87-71(112)56(35-44-18-22-47(100)23-19-44)91-72(113)57(36-45-20-24-48(101)25-21-45)90-68(109)52(15-8-30-84-80(82)83)86-67(108)50(81)34-43-11-4-3-5-12-43/h3-7,11-14,18-25,39,42,50,52-63,85,98-101H,8-10,15-17,26-38,40-41,81H2,1-2H3,(H,86,108)(H,87,112)(H,88,111)(H,89,114)(H,90,109)(H,91,113)(H,92,116)(H,93,117)(H,94,110)(H,95,115)(H,102,103)(H,104,105)(H,106,107)(H,120,121)(H4,82,83,84)/t50-,52-,53-,54-,55-,56-,57-,58-,59-,60-,61-,62-,63-/m0/s1. The summed E-state index contributed by atoms with van der Waals surface area (Å²) < 4.78 is 0. The Balaban J connectivity index is 1.06. The Hall–Kier alpha value is -13.3. The molecule has 12 amide bonds. The third kappa shape index (κ3) is 29.3. The largest absolute Gasteiger partial charge is 0.508 e. The predicted octanol–water partition coefficient (Wildman–Crippen LogP) is -3.41. The number of aliphatic hydroxyl groups is 2. The number of aromatic amines is 1. The van der Waals surface area contributed by atoms with Crippen molar-refractivity contribution in [3.05, 3.63) is 132 Å². The van der Waals surface area contributed by atoms with Crippen molar-refractivity contribution in [2.75, 3.05) is 32.8 Å². The zero-order chi connectivity index (χ0) is 88.7. The normalized spacial score (nSPS) is 16.4. The van der Waals surface area contributed by atoms with Gasteiger partial charge in [0.05, 0.1) is 25.7 Å². The SMILES string of the molecule is CC(C)C[C@H](NC(=O)[C@H](CO)NC(=O)[C@H](CO)NC(=O)[C@H](CCC(=O)O)NC(=O)[C@H](Cc1ccc(O)cc1)NC(=O)[C@H](Cc1ccc(O)cc1)NC(=O)[C@H](CCCNC(=N)N)NC(=O)[C@@H](N)Cc1ccccc1)C(=O)N[C@@H](CCC(=O)O)C(=O)N1CCC[C@H]1C(=O)N[C@@H](Cc1c[nH]c2ccccc12)C(=O)N1CCC[C@H]1C(=O)N[C@@H](CC(=O)O)C(=O)O. The number of benzene rings is 4. The second kappa shape index (κ2) is 46.2. The first-order chi connectivity index (χ1) is 57.5. The number of aliphatic hydroxyl groups excluding tert-OH is 2. The molecule has 2 aliphatic rings. The first-order valence-electron chi connectivity index (χ1n) is 39.3. The number of phenolic OH excluding ortho intramolecular Hbond substituents is 2. The zero-order valence-corrected chi connectivity index (χ0v) is 66.5. The number of nitrogens with zero attached hydrogens (tertiary/aromatic N) is 2. The molecule has 0 saturated carbocycles. The second-order valence-corrected chi connectivity index (χ2v) is 29.9. The lowest BCUT2D eigenvalue weighted by Gasteiger charge is -2.32. The Morgan fingerprint density at radius 1 is 0.463 bits per heavy atom. The highest BCUT2D eigenvalue weighted by Crippen LogP contribution is 2.27. The highest BCUT2D eigenvalue weighted by Gasteiger charge is 2.44. The summed E-state index contributed by atoms with van der Waals surface area (Å²) in [5.41, 5.74) is 14.3. The maximum Gasteiger partial charge on any atom is 0.326 e. The van der Waals surface area contributed by atoms with Crippen LogP contribution in [0.25, 0.3) is 10.9 Å². The summed E-state index contributed by atoms with van der Waals surface area (Å²) in [5, 5.41) is 116. The van der Waals surface area contributed by atoms with Crippen LogP contribution in [0.3, 0.4) is 0 Å². The van der Waals surface area contributed by atoms with Gasteiger partial charge in [-0.2, -0.15) is 0 Å². The van der Waals surface area contributed by atoms with Gasteiger partial charge in [-0.25, -0.2) is 4.79 Å². The molecule has 0 bridgehead atoms. The minimum Gasteiger partial charge on any atom is -0.508 e. The van der Waals surface area contributed by atoms with Crippen LogP contribution in [0, 0.1) is 11.3 Å². The highest BCUT2D eigenvalue weighted by molar-refractivity contribution is 6.01. The Morgan fingerprint density at radius 3 is 1.36 bits per heavy atom. The lowest BCUT2D eigenvalue weighted by Crippen LogP contribution is -2.62. The van der Waals surface area contributed by atoms with E-state index >= 15 is 0 Å². The highest BCUT2D eigenvalue weighted by atomic mass is 16.4. The van der Waals surface area contributed by atoms with E-state index in [0.717, 1.165) is 9.80 Å². The smallest absolute Gasteiger partial charge is 0.326 e. The number of nitrogens with one attached hydrogen (secondary N) is 13. The molecular formula is C80H105N17O24. The number of aromatic hydroxyl groups is 2. The molecule has 654 valence electrons. The molecule has 25 N–H and O–H groups in total. The Morgan fingerprint density at radius 2 is 0.876 bits per heavy atom. The molecule has 7 rings (SSSR count). The fourth-order valence-electron chi connectivity index (χ4n) is 13.9. The molecule has 2 saturated heterocycles. The van der Waals surface area contributed by atoms with E-state index in [1.54, 1.807) is 74.6 Å². The van der Waals surface area contributed by atoms with Crippen LogP contribution >= 0.6 is 0 Å². The number of nitrogens with two attached hydrogens (primary N) is 2. The van der Waals surface area contributed by atoms with Crippen molar-refractivity contribution in [1.29, 1.82) is 5.41 Å². The van der Waals surface area contributed by atoms with Crippen molar-refractivity contribution in [2.45, 2.75) is 195 Å². The third-order valence-corrected chi connectivity index (χ3v) is 20.2. The molecule has 3 heterocycles. The van der Waals surface area contributed by atoms with E-state index in [0.29, 0.717) is 27.6 Å². The molecule has 121 heavy (non-hydrogen) atoms. The maximum atomic E-state index is 14.8. The van der Waals surface area contributed by atoms with E-state index in [-0.39, 0.29) is 107 Å². The fourth-order valence-corrected chi connectivity index (χ4v) is 13.9. The molecule has 41 nitrogen and oxygen atoms in total. The molecule has 13 atom stereocenters. The minimum absolute atomic E-state index is 0.0174. The molecule has 0 aliphatic carbocycles. The summed E-state index contributed by atoms with van der Waals surface area (Å²) >= 11 is 0.